The maximum Gasteiger partial charge on any atom is 0.258 e. The van der Waals surface area contributed by atoms with Gasteiger partial charge in [-0.05, 0) is 68.7 Å². The van der Waals surface area contributed by atoms with E-state index in [-0.39, 0.29) is 43.5 Å². The van der Waals surface area contributed by atoms with Crippen LogP contribution in [0, 0.1) is 13.8 Å². The van der Waals surface area contributed by atoms with E-state index in [4.69, 9.17) is 18.7 Å². The fourth-order valence-corrected chi connectivity index (χ4v) is 6.04. The molecule has 4 heterocycles. The van der Waals surface area contributed by atoms with E-state index in [1.165, 1.54) is 12.0 Å². The molecule has 2 aromatic carbocycles. The van der Waals surface area contributed by atoms with Crippen LogP contribution in [0.3, 0.4) is 0 Å². The molecule has 12 nitrogen and oxygen atoms in total. The molecule has 0 aliphatic carbocycles. The van der Waals surface area contributed by atoms with E-state index in [0.717, 1.165) is 5.56 Å². The number of fused-ring (bicyclic) bond motifs is 6. The minimum Gasteiger partial charge on any atom is -0.493 e. The van der Waals surface area contributed by atoms with Crippen LogP contribution in [0.5, 0.6) is 17.2 Å². The van der Waals surface area contributed by atoms with Gasteiger partial charge in [-0.15, -0.1) is 0 Å². The monoisotopic (exact) mass is 627 g/mol. The lowest BCUT2D eigenvalue weighted by molar-refractivity contribution is -0.124. The summed E-state index contributed by atoms with van der Waals surface area (Å²) in [4.78, 5) is 48.7. The molecule has 0 radical (unpaired) electrons. The molecule has 2 aliphatic rings. The van der Waals surface area contributed by atoms with Crippen molar-refractivity contribution in [2.45, 2.75) is 52.4 Å². The lowest BCUT2D eigenvalue weighted by Gasteiger charge is -2.39. The zero-order valence-electron chi connectivity index (χ0n) is 26.4. The number of methoxy groups -OCH3 is 1. The number of rotatable bonds is 4. The summed E-state index contributed by atoms with van der Waals surface area (Å²) in [5, 5.41) is 7.71. The molecule has 3 amide bonds. The molecule has 2 atom stereocenters. The van der Waals surface area contributed by atoms with E-state index < -0.39 is 6.10 Å². The van der Waals surface area contributed by atoms with Gasteiger partial charge in [0.05, 0.1) is 49.1 Å². The molecule has 240 valence electrons. The van der Waals surface area contributed by atoms with Crippen LogP contribution in [0.1, 0.15) is 57.4 Å². The van der Waals surface area contributed by atoms with Crippen LogP contribution in [0.15, 0.2) is 53.1 Å². The molecule has 2 aliphatic heterocycles. The fourth-order valence-electron chi connectivity index (χ4n) is 6.04. The lowest BCUT2D eigenvalue weighted by Crippen LogP contribution is -2.57. The maximum atomic E-state index is 13.9. The number of ether oxygens (including phenoxy) is 3. The first kappa shape index (κ1) is 31.0. The van der Waals surface area contributed by atoms with Crippen LogP contribution < -0.4 is 14.8 Å². The van der Waals surface area contributed by atoms with Crippen molar-refractivity contribution in [3.63, 3.8) is 0 Å². The first-order chi connectivity index (χ1) is 22.2. The number of pyridine rings is 1. The highest BCUT2D eigenvalue weighted by molar-refractivity contribution is 6.06. The molecule has 6 rings (SSSR count). The summed E-state index contributed by atoms with van der Waals surface area (Å²) < 4.78 is 23.5. The summed E-state index contributed by atoms with van der Waals surface area (Å²) in [6.45, 7) is 6.67. The van der Waals surface area contributed by atoms with E-state index in [0.29, 0.717) is 76.8 Å². The van der Waals surface area contributed by atoms with Crippen molar-refractivity contribution in [3.8, 4) is 17.2 Å². The highest BCUT2D eigenvalue weighted by Gasteiger charge is 2.35. The van der Waals surface area contributed by atoms with Crippen molar-refractivity contribution < 1.29 is 33.1 Å². The number of hydrogen-bond acceptors (Lipinski definition) is 9. The quantitative estimate of drug-likeness (QED) is 0.349. The molecule has 4 bridgehead atoms. The van der Waals surface area contributed by atoms with Crippen molar-refractivity contribution in [1.29, 1.82) is 0 Å². The number of aromatic nitrogens is 2. The number of amides is 3. The van der Waals surface area contributed by atoms with E-state index in [2.05, 4.69) is 15.5 Å². The van der Waals surface area contributed by atoms with Crippen LogP contribution in [-0.4, -0.2) is 83.1 Å². The van der Waals surface area contributed by atoms with Crippen molar-refractivity contribution >= 4 is 28.8 Å². The Morgan fingerprint density at radius 1 is 1.13 bits per heavy atom. The molecule has 2 aromatic heterocycles. The number of nitrogens with one attached hydrogen (secondary N) is 1. The van der Waals surface area contributed by atoms with Crippen LogP contribution in [0.2, 0.25) is 0 Å². The second kappa shape index (κ2) is 13.2. The van der Waals surface area contributed by atoms with Gasteiger partial charge in [0.15, 0.2) is 11.5 Å². The first-order valence-corrected chi connectivity index (χ1v) is 15.4. The van der Waals surface area contributed by atoms with Gasteiger partial charge in [-0.1, -0.05) is 24.2 Å². The molecule has 46 heavy (non-hydrogen) atoms. The normalized spacial score (nSPS) is 19.0. The average Bonchev–Trinajstić information content (AvgIpc) is 3.42. The van der Waals surface area contributed by atoms with Crippen molar-refractivity contribution in [3.05, 3.63) is 76.6 Å². The van der Waals surface area contributed by atoms with Gasteiger partial charge in [0.1, 0.15) is 5.75 Å². The minimum absolute atomic E-state index is 0.124. The molecular weight excluding hydrogens is 590 g/mol. The SMILES string of the molecule is CCCN1CC(=O)N[C@H]2CCN(C(=O)c3cc(C)nc4onc(C)c34)C[C@@H]2OCc2cccc(c2)Oc2cc(ccc2OC)C1=O. The van der Waals surface area contributed by atoms with Gasteiger partial charge < -0.3 is 33.9 Å². The number of carbonyl (C=O) groups is 3. The van der Waals surface area contributed by atoms with Gasteiger partial charge in [0, 0.05) is 30.9 Å². The third-order valence-electron chi connectivity index (χ3n) is 8.28. The lowest BCUT2D eigenvalue weighted by atomic mass is 9.99. The summed E-state index contributed by atoms with van der Waals surface area (Å²) in [6, 6.07) is 13.8. The maximum absolute atomic E-state index is 13.9. The van der Waals surface area contributed by atoms with Crippen molar-refractivity contribution in [2.24, 2.45) is 0 Å². The smallest absolute Gasteiger partial charge is 0.258 e. The first-order valence-electron chi connectivity index (χ1n) is 15.4. The van der Waals surface area contributed by atoms with Crippen LogP contribution >= 0.6 is 0 Å². The Kier molecular flexibility index (Phi) is 8.89. The van der Waals surface area contributed by atoms with Gasteiger partial charge in [-0.3, -0.25) is 14.4 Å². The minimum atomic E-state index is -0.524. The Morgan fingerprint density at radius 2 is 1.98 bits per heavy atom. The summed E-state index contributed by atoms with van der Waals surface area (Å²) in [5.41, 5.74) is 3.25. The molecule has 4 aromatic rings. The second-order valence-electron chi connectivity index (χ2n) is 11.7. The molecule has 12 heteroatoms. The van der Waals surface area contributed by atoms with Gasteiger partial charge in [-0.25, -0.2) is 4.98 Å². The van der Waals surface area contributed by atoms with E-state index in [9.17, 15) is 14.4 Å². The molecule has 0 unspecified atom stereocenters. The Labute approximate surface area is 266 Å². The number of piperidine rings is 1. The largest absolute Gasteiger partial charge is 0.493 e. The third kappa shape index (κ3) is 6.38. The Bertz CT molecular complexity index is 1790. The molecule has 1 fully saturated rings. The third-order valence-corrected chi connectivity index (χ3v) is 8.28. The molecule has 0 saturated carbocycles. The highest BCUT2D eigenvalue weighted by atomic mass is 16.5. The van der Waals surface area contributed by atoms with Crippen molar-refractivity contribution in [2.75, 3.05) is 33.3 Å². The van der Waals surface area contributed by atoms with Gasteiger partial charge >= 0.3 is 0 Å². The predicted octanol–water partition coefficient (Wildman–Crippen LogP) is 4.42. The highest BCUT2D eigenvalue weighted by Crippen LogP contribution is 2.34. The summed E-state index contributed by atoms with van der Waals surface area (Å²) in [5.74, 6) is 0.620. The number of carbonyl (C=O) groups excluding carboxylic acids is 3. The topological polar surface area (TPSA) is 136 Å². The average molecular weight is 628 g/mol. The number of likely N-dealkylation sites (tertiary alicyclic amines) is 1. The summed E-state index contributed by atoms with van der Waals surface area (Å²) in [6.07, 6.45) is 0.611. The number of nitrogens with zero attached hydrogens (tertiary/aromatic N) is 4. The van der Waals surface area contributed by atoms with Gasteiger partial charge in [0.2, 0.25) is 5.91 Å². The van der Waals surface area contributed by atoms with Gasteiger partial charge in [0.25, 0.3) is 17.5 Å². The van der Waals surface area contributed by atoms with Crippen LogP contribution in [-0.2, 0) is 16.1 Å². The second-order valence-corrected chi connectivity index (χ2v) is 11.7. The molecule has 1 saturated heterocycles. The Morgan fingerprint density at radius 3 is 2.78 bits per heavy atom. The Balaban J connectivity index is 1.31. The van der Waals surface area contributed by atoms with Gasteiger partial charge in [-0.2, -0.15) is 0 Å². The zero-order valence-corrected chi connectivity index (χ0v) is 26.4. The zero-order chi connectivity index (χ0) is 32.4. The van der Waals surface area contributed by atoms with Crippen molar-refractivity contribution in [1.82, 2.24) is 25.3 Å². The summed E-state index contributed by atoms with van der Waals surface area (Å²) >= 11 is 0. The summed E-state index contributed by atoms with van der Waals surface area (Å²) in [7, 11) is 1.54. The molecule has 1 N–H and O–H groups in total. The predicted molar refractivity (Wildman–Crippen MR) is 168 cm³/mol. The number of hydrogen-bond donors (Lipinski definition) is 1. The number of benzene rings is 2. The van der Waals surface area contributed by atoms with Crippen LogP contribution in [0.4, 0.5) is 0 Å². The van der Waals surface area contributed by atoms with E-state index in [1.54, 1.807) is 43.0 Å². The van der Waals surface area contributed by atoms with E-state index in [1.807, 2.05) is 31.2 Å². The molecule has 0 spiro atoms. The fraction of sp³-hybridized carbons (Fsp3) is 0.382. The molecular formula is C34H37N5O7. The van der Waals surface area contributed by atoms with E-state index >= 15 is 0 Å². The number of aryl methyl sites for hydroxylation is 2. The Hall–Kier alpha value is -4.97. The standard InChI is InChI=1S/C34H37N5O7/c1-5-12-38-18-30(40)36-26-11-13-39(34(42)25-14-20(2)35-32-31(25)21(3)37-46-32)17-29(26)44-19-22-7-6-8-24(15-22)45-28-16-23(33(38)41)9-10-27(28)43-4/h6-10,14-16,26,29H,5,11-13,17-19H2,1-4H3,(H,36,40)/t26-,29-/m0/s1. The van der Waals surface area contributed by atoms with Crippen LogP contribution in [0.25, 0.3) is 11.1 Å².